The fourth-order valence-electron chi connectivity index (χ4n) is 1.91. The van der Waals surface area contributed by atoms with Crippen LogP contribution in [0.2, 0.25) is 0 Å². The molecule has 0 saturated carbocycles. The summed E-state index contributed by atoms with van der Waals surface area (Å²) >= 11 is 1.19. The number of thioether (sulfide) groups is 1. The lowest BCUT2D eigenvalue weighted by Crippen LogP contribution is -2.17. The summed E-state index contributed by atoms with van der Waals surface area (Å²) in [6.07, 6.45) is -3.97. The zero-order chi connectivity index (χ0) is 19.9. The number of hydrogen-bond acceptors (Lipinski definition) is 6. The van der Waals surface area contributed by atoms with E-state index in [1.54, 1.807) is 0 Å². The molecule has 0 amide bonds. The van der Waals surface area contributed by atoms with Crippen LogP contribution >= 0.6 is 11.8 Å². The predicted octanol–water partition coefficient (Wildman–Crippen LogP) is 4.08. The van der Waals surface area contributed by atoms with Gasteiger partial charge in [0.25, 0.3) is 5.69 Å². The lowest BCUT2D eigenvalue weighted by atomic mass is 10.2. The smallest absolute Gasteiger partial charge is 0.406 e. The second-order valence-electron chi connectivity index (χ2n) is 4.98. The SMILES string of the molecule is NC(=NN=Cc1cc(OC(F)(F)F)ccc1[N+](=O)[O-])SCc1ccccc1. The van der Waals surface area contributed by atoms with Gasteiger partial charge in [-0.2, -0.15) is 5.10 Å². The Labute approximate surface area is 155 Å². The number of nitro benzene ring substituents is 1. The molecule has 11 heteroatoms. The van der Waals surface area contributed by atoms with E-state index in [9.17, 15) is 23.3 Å². The fraction of sp³-hybridized carbons (Fsp3) is 0.125. The van der Waals surface area contributed by atoms with Crippen LogP contribution in [0.5, 0.6) is 5.75 Å². The maximum atomic E-state index is 12.3. The molecule has 142 valence electrons. The van der Waals surface area contributed by atoms with Crippen molar-refractivity contribution >= 4 is 28.8 Å². The maximum absolute atomic E-state index is 12.3. The lowest BCUT2D eigenvalue weighted by Gasteiger charge is -2.09. The highest BCUT2D eigenvalue weighted by molar-refractivity contribution is 8.13. The summed E-state index contributed by atoms with van der Waals surface area (Å²) in [5.74, 6) is -0.0641. The zero-order valence-electron chi connectivity index (χ0n) is 13.6. The van der Waals surface area contributed by atoms with Crippen LogP contribution in [0.25, 0.3) is 0 Å². The van der Waals surface area contributed by atoms with Gasteiger partial charge in [0.05, 0.1) is 16.7 Å². The number of alkyl halides is 3. The van der Waals surface area contributed by atoms with Crippen molar-refractivity contribution in [3.63, 3.8) is 0 Å². The quantitative estimate of drug-likeness (QED) is 0.342. The Morgan fingerprint density at radius 1 is 1.26 bits per heavy atom. The van der Waals surface area contributed by atoms with Crippen molar-refractivity contribution in [1.29, 1.82) is 0 Å². The molecule has 0 aliphatic rings. The molecular weight excluding hydrogens is 385 g/mol. The van der Waals surface area contributed by atoms with E-state index in [0.29, 0.717) is 5.75 Å². The van der Waals surface area contributed by atoms with Gasteiger partial charge in [0, 0.05) is 11.8 Å². The molecule has 0 aromatic heterocycles. The van der Waals surface area contributed by atoms with Crippen LogP contribution in [0.1, 0.15) is 11.1 Å². The minimum Gasteiger partial charge on any atom is -0.406 e. The Kier molecular flexibility index (Phi) is 6.77. The van der Waals surface area contributed by atoms with Gasteiger partial charge < -0.3 is 10.5 Å². The van der Waals surface area contributed by atoms with Crippen molar-refractivity contribution in [1.82, 2.24) is 0 Å². The number of rotatable bonds is 6. The van der Waals surface area contributed by atoms with Gasteiger partial charge >= 0.3 is 6.36 Å². The first-order chi connectivity index (χ1) is 12.7. The Hall–Kier alpha value is -3.08. The molecule has 7 nitrogen and oxygen atoms in total. The highest BCUT2D eigenvalue weighted by Crippen LogP contribution is 2.27. The normalized spacial score (nSPS) is 12.3. The van der Waals surface area contributed by atoms with E-state index in [1.165, 1.54) is 11.8 Å². The summed E-state index contributed by atoms with van der Waals surface area (Å²) in [5.41, 5.74) is 6.05. The van der Waals surface area contributed by atoms with Crippen molar-refractivity contribution < 1.29 is 22.8 Å². The molecule has 2 aromatic carbocycles. The number of nitro groups is 1. The van der Waals surface area contributed by atoms with Crippen molar-refractivity contribution in [2.45, 2.75) is 12.1 Å². The van der Waals surface area contributed by atoms with Gasteiger partial charge in [0.1, 0.15) is 5.75 Å². The summed E-state index contributed by atoms with van der Waals surface area (Å²) < 4.78 is 40.6. The maximum Gasteiger partial charge on any atom is 0.573 e. The number of hydrogen-bond donors (Lipinski definition) is 1. The van der Waals surface area contributed by atoms with Crippen LogP contribution in [-0.2, 0) is 5.75 Å². The Morgan fingerprint density at radius 2 is 1.96 bits per heavy atom. The van der Waals surface area contributed by atoms with Crippen molar-refractivity contribution in [3.05, 3.63) is 69.8 Å². The van der Waals surface area contributed by atoms with E-state index in [-0.39, 0.29) is 10.7 Å². The van der Waals surface area contributed by atoms with Crippen LogP contribution in [0.3, 0.4) is 0 Å². The molecule has 0 spiro atoms. The molecule has 0 saturated heterocycles. The van der Waals surface area contributed by atoms with Crippen LogP contribution in [0.4, 0.5) is 18.9 Å². The van der Waals surface area contributed by atoms with E-state index in [0.717, 1.165) is 30.0 Å². The average Bonchev–Trinajstić information content (AvgIpc) is 2.59. The molecule has 0 heterocycles. The molecule has 0 radical (unpaired) electrons. The Morgan fingerprint density at radius 3 is 2.59 bits per heavy atom. The first kappa shape index (κ1) is 20.2. The van der Waals surface area contributed by atoms with E-state index in [2.05, 4.69) is 14.9 Å². The van der Waals surface area contributed by atoms with Gasteiger partial charge in [-0.3, -0.25) is 10.1 Å². The largest absolute Gasteiger partial charge is 0.573 e. The van der Waals surface area contributed by atoms with Gasteiger partial charge in [-0.05, 0) is 17.7 Å². The number of halogens is 3. The molecule has 2 N–H and O–H groups in total. The molecule has 2 aromatic rings. The minimum absolute atomic E-state index is 0.0976. The van der Waals surface area contributed by atoms with Crippen LogP contribution in [0, 0.1) is 10.1 Å². The Balaban J connectivity index is 2.11. The number of nitrogens with two attached hydrogens (primary N) is 1. The number of benzene rings is 2. The molecule has 0 bridgehead atoms. The summed E-state index contributed by atoms with van der Waals surface area (Å²) in [4.78, 5) is 10.2. The molecule has 27 heavy (non-hydrogen) atoms. The Bertz CT molecular complexity index is 858. The fourth-order valence-corrected chi connectivity index (χ4v) is 2.52. The van der Waals surface area contributed by atoms with E-state index >= 15 is 0 Å². The monoisotopic (exact) mass is 398 g/mol. The van der Waals surface area contributed by atoms with Crippen molar-refractivity contribution in [2.24, 2.45) is 15.9 Å². The number of amidine groups is 1. The van der Waals surface area contributed by atoms with Gasteiger partial charge in [0.2, 0.25) is 0 Å². The predicted molar refractivity (Wildman–Crippen MR) is 96.7 cm³/mol. The van der Waals surface area contributed by atoms with E-state index in [1.807, 2.05) is 30.3 Å². The third kappa shape index (κ3) is 6.98. The third-order valence-electron chi connectivity index (χ3n) is 3.01. The number of ether oxygens (including phenoxy) is 1. The van der Waals surface area contributed by atoms with Gasteiger partial charge in [0.15, 0.2) is 5.17 Å². The molecule has 0 unspecified atom stereocenters. The molecule has 0 fully saturated rings. The summed E-state index contributed by atoms with van der Waals surface area (Å²) in [7, 11) is 0. The van der Waals surface area contributed by atoms with E-state index in [4.69, 9.17) is 5.73 Å². The van der Waals surface area contributed by atoms with Crippen LogP contribution in [0.15, 0.2) is 58.7 Å². The molecule has 0 aliphatic carbocycles. The second kappa shape index (κ2) is 9.03. The first-order valence-electron chi connectivity index (χ1n) is 7.32. The topological polar surface area (TPSA) is 103 Å². The second-order valence-corrected chi connectivity index (χ2v) is 5.98. The average molecular weight is 398 g/mol. The molecule has 0 atom stereocenters. The van der Waals surface area contributed by atoms with Gasteiger partial charge in [-0.1, -0.05) is 42.1 Å². The van der Waals surface area contributed by atoms with Crippen molar-refractivity contribution in [3.8, 4) is 5.75 Å². The zero-order valence-corrected chi connectivity index (χ0v) is 14.4. The van der Waals surface area contributed by atoms with E-state index < -0.39 is 22.7 Å². The summed E-state index contributed by atoms with van der Waals surface area (Å²) in [5, 5.41) is 18.4. The number of nitrogens with zero attached hydrogens (tertiary/aromatic N) is 3. The summed E-state index contributed by atoms with van der Waals surface area (Å²) in [6.45, 7) is 0. The lowest BCUT2D eigenvalue weighted by molar-refractivity contribution is -0.385. The van der Waals surface area contributed by atoms with Gasteiger partial charge in [-0.25, -0.2) is 0 Å². The van der Waals surface area contributed by atoms with Crippen LogP contribution < -0.4 is 10.5 Å². The third-order valence-corrected chi connectivity index (χ3v) is 3.87. The molecule has 2 rings (SSSR count). The van der Waals surface area contributed by atoms with Gasteiger partial charge in [-0.15, -0.1) is 18.3 Å². The summed E-state index contributed by atoms with van der Waals surface area (Å²) in [6, 6.07) is 12.0. The highest BCUT2D eigenvalue weighted by atomic mass is 32.2. The van der Waals surface area contributed by atoms with Crippen LogP contribution in [-0.4, -0.2) is 22.7 Å². The highest BCUT2D eigenvalue weighted by Gasteiger charge is 2.31. The minimum atomic E-state index is -4.92. The standard InChI is InChI=1S/C16H13F3N4O3S/c17-16(18,19)26-13-6-7-14(23(24)25)12(8-13)9-21-22-15(20)27-10-11-4-2-1-3-5-11/h1-9H,10H2,(H2,20,22). The van der Waals surface area contributed by atoms with Crippen molar-refractivity contribution in [2.75, 3.05) is 0 Å². The first-order valence-corrected chi connectivity index (χ1v) is 8.30. The molecule has 0 aliphatic heterocycles. The molecular formula is C16H13F3N4O3S.